The number of carbonyl (C=O) groups excluding carboxylic acids is 1. The third-order valence-electron chi connectivity index (χ3n) is 4.85. The Morgan fingerprint density at radius 2 is 1.76 bits per heavy atom. The summed E-state index contributed by atoms with van der Waals surface area (Å²) in [6, 6.07) is 12.9. The number of carbonyl (C=O) groups is 1. The second kappa shape index (κ2) is 9.99. The molecule has 0 radical (unpaired) electrons. The lowest BCUT2D eigenvalue weighted by atomic mass is 10.1. The largest absolute Gasteiger partial charge is 0.471 e. The normalized spacial score (nSPS) is 10.9. The van der Waals surface area contributed by atoms with Crippen LogP contribution in [-0.2, 0) is 13.3 Å². The van der Waals surface area contributed by atoms with Crippen molar-refractivity contribution in [3.05, 3.63) is 91.8 Å². The Morgan fingerprint density at radius 1 is 1.06 bits per heavy atom. The van der Waals surface area contributed by atoms with Crippen LogP contribution in [0.5, 0.6) is 5.75 Å². The standard InChI is InChI=1S/C23H20BrCl2N5O2/c1-14-9-18(10-15(2)21(14)26)33-13-30-8-7-20(28-30)23(32)27-22-19(24)12-31(29-22)11-16-3-5-17(25)6-4-16/h3-10,12H,11,13H2,1-2H3,(H,27,29,32). The number of hydrogen-bond acceptors (Lipinski definition) is 4. The minimum absolute atomic E-state index is 0.160. The molecule has 0 aliphatic carbocycles. The molecule has 0 bridgehead atoms. The van der Waals surface area contributed by atoms with Gasteiger partial charge in [-0.15, -0.1) is 0 Å². The molecule has 2 aromatic heterocycles. The molecule has 1 amide bonds. The van der Waals surface area contributed by atoms with Crippen molar-refractivity contribution < 1.29 is 9.53 Å². The molecule has 0 atom stereocenters. The molecule has 10 heteroatoms. The first-order chi connectivity index (χ1) is 15.8. The second-order valence-corrected chi connectivity index (χ2v) is 9.16. The number of aryl methyl sites for hydroxylation is 2. The molecule has 0 fully saturated rings. The third-order valence-corrected chi connectivity index (χ3v) is 6.28. The zero-order valence-corrected chi connectivity index (χ0v) is 20.9. The molecule has 0 aliphatic rings. The van der Waals surface area contributed by atoms with Crippen LogP contribution >= 0.6 is 39.1 Å². The van der Waals surface area contributed by atoms with E-state index in [2.05, 4.69) is 31.4 Å². The number of benzene rings is 2. The summed E-state index contributed by atoms with van der Waals surface area (Å²) < 4.78 is 9.72. The minimum Gasteiger partial charge on any atom is -0.471 e. The highest BCUT2D eigenvalue weighted by molar-refractivity contribution is 9.10. The highest BCUT2D eigenvalue weighted by Crippen LogP contribution is 2.26. The average molecular weight is 549 g/mol. The van der Waals surface area contributed by atoms with Crippen LogP contribution < -0.4 is 10.1 Å². The molecule has 7 nitrogen and oxygen atoms in total. The molecule has 4 rings (SSSR count). The number of ether oxygens (including phenoxy) is 1. The van der Waals surface area contributed by atoms with Crippen LogP contribution in [0.4, 0.5) is 5.82 Å². The van der Waals surface area contributed by atoms with Crippen LogP contribution in [0.15, 0.2) is 59.3 Å². The molecule has 2 heterocycles. The van der Waals surface area contributed by atoms with Gasteiger partial charge in [0.05, 0.1) is 11.0 Å². The van der Waals surface area contributed by atoms with Crippen molar-refractivity contribution in [2.75, 3.05) is 5.32 Å². The number of nitrogens with one attached hydrogen (secondary N) is 1. The maximum Gasteiger partial charge on any atom is 0.277 e. The van der Waals surface area contributed by atoms with E-state index < -0.39 is 0 Å². The molecule has 2 aromatic carbocycles. The van der Waals surface area contributed by atoms with E-state index in [1.807, 2.05) is 50.2 Å². The van der Waals surface area contributed by atoms with E-state index in [0.29, 0.717) is 27.6 Å². The van der Waals surface area contributed by atoms with Gasteiger partial charge in [0.25, 0.3) is 5.91 Å². The van der Waals surface area contributed by atoms with Crippen LogP contribution in [0.25, 0.3) is 0 Å². The van der Waals surface area contributed by atoms with Gasteiger partial charge in [0, 0.05) is 22.4 Å². The summed E-state index contributed by atoms with van der Waals surface area (Å²) in [6.07, 6.45) is 3.48. The molecule has 0 aliphatic heterocycles. The molecule has 0 spiro atoms. The Hall–Kier alpha value is -2.81. The lowest BCUT2D eigenvalue weighted by Crippen LogP contribution is -2.15. The number of aromatic nitrogens is 4. The van der Waals surface area contributed by atoms with Crippen molar-refractivity contribution in [3.8, 4) is 5.75 Å². The predicted molar refractivity (Wildman–Crippen MR) is 132 cm³/mol. The lowest BCUT2D eigenvalue weighted by Gasteiger charge is -2.10. The number of amides is 1. The zero-order chi connectivity index (χ0) is 23.5. The SMILES string of the molecule is Cc1cc(OCn2ccc(C(=O)Nc3nn(Cc4ccc(Cl)cc4)cc3Br)n2)cc(C)c1Cl. The number of hydrogen-bond donors (Lipinski definition) is 1. The summed E-state index contributed by atoms with van der Waals surface area (Å²) in [5, 5.41) is 12.9. The monoisotopic (exact) mass is 547 g/mol. The van der Waals surface area contributed by atoms with Gasteiger partial charge in [0.2, 0.25) is 0 Å². The number of halogens is 3. The quantitative estimate of drug-likeness (QED) is 0.302. The first-order valence-electron chi connectivity index (χ1n) is 10.0. The van der Waals surface area contributed by atoms with E-state index in [1.165, 1.54) is 0 Å². The Kier molecular flexibility index (Phi) is 7.07. The van der Waals surface area contributed by atoms with Crippen molar-refractivity contribution in [1.82, 2.24) is 19.6 Å². The van der Waals surface area contributed by atoms with E-state index >= 15 is 0 Å². The zero-order valence-electron chi connectivity index (χ0n) is 17.8. The van der Waals surface area contributed by atoms with Gasteiger partial charge < -0.3 is 10.1 Å². The van der Waals surface area contributed by atoms with Crippen LogP contribution in [0, 0.1) is 13.8 Å². The topological polar surface area (TPSA) is 74.0 Å². The van der Waals surface area contributed by atoms with Gasteiger partial charge in [-0.1, -0.05) is 35.3 Å². The maximum atomic E-state index is 12.7. The highest BCUT2D eigenvalue weighted by atomic mass is 79.9. The first kappa shape index (κ1) is 23.4. The highest BCUT2D eigenvalue weighted by Gasteiger charge is 2.15. The van der Waals surface area contributed by atoms with Gasteiger partial charge in [-0.3, -0.25) is 9.48 Å². The van der Waals surface area contributed by atoms with Crippen LogP contribution in [0.2, 0.25) is 10.0 Å². The second-order valence-electron chi connectivity index (χ2n) is 7.49. The smallest absolute Gasteiger partial charge is 0.277 e. The van der Waals surface area contributed by atoms with Gasteiger partial charge in [-0.2, -0.15) is 10.2 Å². The minimum atomic E-state index is -0.371. The number of nitrogens with zero attached hydrogens (tertiary/aromatic N) is 4. The number of anilines is 1. The van der Waals surface area contributed by atoms with Crippen LogP contribution in [-0.4, -0.2) is 25.5 Å². The molecule has 0 unspecified atom stereocenters. The molecule has 4 aromatic rings. The molecule has 0 saturated carbocycles. The molecule has 170 valence electrons. The van der Waals surface area contributed by atoms with Gasteiger partial charge in [0.15, 0.2) is 18.2 Å². The van der Waals surface area contributed by atoms with E-state index in [1.54, 1.807) is 27.8 Å². The summed E-state index contributed by atoms with van der Waals surface area (Å²) in [5.41, 5.74) is 3.17. The van der Waals surface area contributed by atoms with Crippen molar-refractivity contribution in [1.29, 1.82) is 0 Å². The van der Waals surface area contributed by atoms with Crippen molar-refractivity contribution >= 4 is 50.9 Å². The summed E-state index contributed by atoms with van der Waals surface area (Å²) in [4.78, 5) is 12.7. The molecule has 33 heavy (non-hydrogen) atoms. The Labute approximate surface area is 209 Å². The fourth-order valence-corrected chi connectivity index (χ4v) is 3.85. The molecule has 0 saturated heterocycles. The summed E-state index contributed by atoms with van der Waals surface area (Å²) in [7, 11) is 0. The fraction of sp³-hybridized carbons (Fsp3) is 0.174. The van der Waals surface area contributed by atoms with Crippen LogP contribution in [0.1, 0.15) is 27.2 Å². The molecular formula is C23H20BrCl2N5O2. The van der Waals surface area contributed by atoms with E-state index in [-0.39, 0.29) is 18.3 Å². The van der Waals surface area contributed by atoms with Crippen molar-refractivity contribution in [2.24, 2.45) is 0 Å². The molecular weight excluding hydrogens is 529 g/mol. The van der Waals surface area contributed by atoms with E-state index in [9.17, 15) is 4.79 Å². The van der Waals surface area contributed by atoms with Gasteiger partial charge in [-0.05, 0) is 76.8 Å². The average Bonchev–Trinajstić information content (AvgIpc) is 3.39. The van der Waals surface area contributed by atoms with Gasteiger partial charge >= 0.3 is 0 Å². The van der Waals surface area contributed by atoms with E-state index in [4.69, 9.17) is 27.9 Å². The lowest BCUT2D eigenvalue weighted by molar-refractivity contribution is 0.101. The van der Waals surface area contributed by atoms with E-state index in [0.717, 1.165) is 21.7 Å². The van der Waals surface area contributed by atoms with Crippen molar-refractivity contribution in [2.45, 2.75) is 27.1 Å². The Bertz CT molecular complexity index is 1280. The first-order valence-corrected chi connectivity index (χ1v) is 11.5. The van der Waals surface area contributed by atoms with Crippen LogP contribution in [0.3, 0.4) is 0 Å². The summed E-state index contributed by atoms with van der Waals surface area (Å²) in [6.45, 7) is 4.55. The Balaban J connectivity index is 1.37. The van der Waals surface area contributed by atoms with Crippen molar-refractivity contribution in [3.63, 3.8) is 0 Å². The third kappa shape index (κ3) is 5.76. The molecule has 1 N–H and O–H groups in total. The van der Waals surface area contributed by atoms with Gasteiger partial charge in [0.1, 0.15) is 5.75 Å². The fourth-order valence-electron chi connectivity index (χ4n) is 3.20. The summed E-state index contributed by atoms with van der Waals surface area (Å²) in [5.74, 6) is 0.724. The maximum absolute atomic E-state index is 12.7. The predicted octanol–water partition coefficient (Wildman–Crippen LogP) is 6.10. The summed E-state index contributed by atoms with van der Waals surface area (Å²) >= 11 is 15.6. The van der Waals surface area contributed by atoms with Gasteiger partial charge in [-0.25, -0.2) is 4.68 Å². The number of rotatable bonds is 7. The Morgan fingerprint density at radius 3 is 2.45 bits per heavy atom.